The van der Waals surface area contributed by atoms with E-state index in [0.29, 0.717) is 15.5 Å². The predicted molar refractivity (Wildman–Crippen MR) is 63.6 cm³/mol. The van der Waals surface area contributed by atoms with Crippen molar-refractivity contribution in [1.29, 1.82) is 5.26 Å². The number of nitriles is 1. The van der Waals surface area contributed by atoms with Crippen LogP contribution in [0.1, 0.15) is 12.0 Å². The standard InChI is InChI=1S/C11H9ClF3NOS/c12-9-3-7(5-16)1-2-10(9)18-6-8(17)4-11(13,14)15/h1-3,8,17H,4,6H2/t8-/m1/s1. The van der Waals surface area contributed by atoms with Crippen LogP contribution in [0.4, 0.5) is 13.2 Å². The minimum atomic E-state index is -4.38. The van der Waals surface area contributed by atoms with Crippen molar-refractivity contribution in [3.05, 3.63) is 28.8 Å². The molecule has 1 aromatic carbocycles. The van der Waals surface area contributed by atoms with Crippen molar-refractivity contribution in [2.75, 3.05) is 5.75 Å². The average molecular weight is 296 g/mol. The van der Waals surface area contributed by atoms with Gasteiger partial charge in [0.1, 0.15) is 0 Å². The number of thioether (sulfide) groups is 1. The largest absolute Gasteiger partial charge is 0.392 e. The molecule has 0 radical (unpaired) electrons. The third kappa shape index (κ3) is 5.17. The highest BCUT2D eigenvalue weighted by atomic mass is 35.5. The third-order valence-corrected chi connectivity index (χ3v) is 3.60. The Kier molecular flexibility index (Phi) is 5.32. The summed E-state index contributed by atoms with van der Waals surface area (Å²) in [6, 6.07) is 6.40. The lowest BCUT2D eigenvalue weighted by molar-refractivity contribution is -0.150. The molecule has 1 rings (SSSR count). The van der Waals surface area contributed by atoms with Gasteiger partial charge in [0.2, 0.25) is 0 Å². The van der Waals surface area contributed by atoms with Crippen LogP contribution >= 0.6 is 23.4 Å². The molecule has 7 heteroatoms. The number of aliphatic hydroxyl groups is 1. The van der Waals surface area contributed by atoms with Crippen molar-refractivity contribution in [2.45, 2.75) is 23.6 Å². The van der Waals surface area contributed by atoms with E-state index in [4.69, 9.17) is 16.9 Å². The van der Waals surface area contributed by atoms with Gasteiger partial charge in [-0.05, 0) is 18.2 Å². The summed E-state index contributed by atoms with van der Waals surface area (Å²) in [5, 5.41) is 18.1. The van der Waals surface area contributed by atoms with Crippen LogP contribution in [0.15, 0.2) is 23.1 Å². The zero-order chi connectivity index (χ0) is 13.8. The molecule has 0 fully saturated rings. The van der Waals surface area contributed by atoms with Gasteiger partial charge in [-0.3, -0.25) is 0 Å². The van der Waals surface area contributed by atoms with Crippen molar-refractivity contribution in [3.63, 3.8) is 0 Å². The molecule has 0 amide bonds. The van der Waals surface area contributed by atoms with E-state index in [1.807, 2.05) is 6.07 Å². The number of nitrogens with zero attached hydrogens (tertiary/aromatic N) is 1. The molecule has 0 spiro atoms. The van der Waals surface area contributed by atoms with E-state index in [1.165, 1.54) is 12.1 Å². The summed E-state index contributed by atoms with van der Waals surface area (Å²) in [6.07, 6.45) is -7.09. The molecular weight excluding hydrogens is 287 g/mol. The van der Waals surface area contributed by atoms with Crippen molar-refractivity contribution in [3.8, 4) is 6.07 Å². The normalized spacial score (nSPS) is 13.1. The Labute approximate surface area is 111 Å². The molecule has 2 nitrogen and oxygen atoms in total. The van der Waals surface area contributed by atoms with Gasteiger partial charge in [-0.1, -0.05) is 11.6 Å². The van der Waals surface area contributed by atoms with E-state index in [1.54, 1.807) is 6.07 Å². The second kappa shape index (κ2) is 6.32. The van der Waals surface area contributed by atoms with Crippen molar-refractivity contribution in [2.24, 2.45) is 0 Å². The van der Waals surface area contributed by atoms with Crippen LogP contribution in [0.5, 0.6) is 0 Å². The lowest BCUT2D eigenvalue weighted by atomic mass is 10.2. The van der Waals surface area contributed by atoms with Gasteiger partial charge in [-0.2, -0.15) is 18.4 Å². The number of benzene rings is 1. The quantitative estimate of drug-likeness (QED) is 0.863. The number of hydrogen-bond acceptors (Lipinski definition) is 3. The first-order chi connectivity index (χ1) is 8.31. The molecule has 0 unspecified atom stereocenters. The molecule has 18 heavy (non-hydrogen) atoms. The van der Waals surface area contributed by atoms with Gasteiger partial charge in [0.15, 0.2) is 0 Å². The molecule has 0 bridgehead atoms. The molecule has 0 aliphatic heterocycles. The van der Waals surface area contributed by atoms with Crippen LogP contribution in [0.25, 0.3) is 0 Å². The van der Waals surface area contributed by atoms with Crippen LogP contribution in [-0.2, 0) is 0 Å². The topological polar surface area (TPSA) is 44.0 Å². The third-order valence-electron chi connectivity index (χ3n) is 1.96. The van der Waals surface area contributed by atoms with Crippen LogP contribution in [-0.4, -0.2) is 23.1 Å². The molecule has 1 N–H and O–H groups in total. The Balaban J connectivity index is 2.57. The van der Waals surface area contributed by atoms with Crippen LogP contribution < -0.4 is 0 Å². The molecule has 1 atom stereocenters. The molecule has 0 saturated heterocycles. The summed E-state index contributed by atoms with van der Waals surface area (Å²) in [7, 11) is 0. The average Bonchev–Trinajstić information content (AvgIpc) is 2.25. The molecule has 1 aromatic rings. The lowest BCUT2D eigenvalue weighted by Gasteiger charge is -2.13. The maximum absolute atomic E-state index is 12.0. The molecule has 0 saturated carbocycles. The Morgan fingerprint density at radius 3 is 2.61 bits per heavy atom. The van der Waals surface area contributed by atoms with Crippen molar-refractivity contribution >= 4 is 23.4 Å². The monoisotopic (exact) mass is 295 g/mol. The minimum Gasteiger partial charge on any atom is -0.392 e. The molecule has 0 heterocycles. The second-order valence-corrected chi connectivity index (χ2v) is 5.01. The van der Waals surface area contributed by atoms with E-state index < -0.39 is 18.7 Å². The Bertz CT molecular complexity index is 459. The van der Waals surface area contributed by atoms with Gasteiger partial charge in [0.05, 0.1) is 29.2 Å². The first kappa shape index (κ1) is 15.2. The van der Waals surface area contributed by atoms with Crippen LogP contribution in [0.2, 0.25) is 5.02 Å². The first-order valence-electron chi connectivity index (χ1n) is 4.89. The Morgan fingerprint density at radius 2 is 2.11 bits per heavy atom. The Hall–Kier alpha value is -0.900. The number of rotatable bonds is 4. The summed E-state index contributed by atoms with van der Waals surface area (Å²) in [4.78, 5) is 0.539. The van der Waals surface area contributed by atoms with Crippen LogP contribution in [0, 0.1) is 11.3 Å². The number of halogens is 4. The second-order valence-electron chi connectivity index (χ2n) is 3.54. The molecule has 98 valence electrons. The Morgan fingerprint density at radius 1 is 1.44 bits per heavy atom. The first-order valence-corrected chi connectivity index (χ1v) is 6.25. The smallest absolute Gasteiger partial charge is 0.391 e. The summed E-state index contributed by atoms with van der Waals surface area (Å²) >= 11 is 6.87. The minimum absolute atomic E-state index is 0.106. The fourth-order valence-electron chi connectivity index (χ4n) is 1.20. The van der Waals surface area contributed by atoms with Gasteiger partial charge in [-0.25, -0.2) is 0 Å². The fraction of sp³-hybridized carbons (Fsp3) is 0.364. The summed E-state index contributed by atoms with van der Waals surface area (Å²) in [5.74, 6) is -0.106. The molecule has 0 aromatic heterocycles. The van der Waals surface area contributed by atoms with E-state index in [-0.39, 0.29) is 5.75 Å². The van der Waals surface area contributed by atoms with Gasteiger partial charge >= 0.3 is 6.18 Å². The van der Waals surface area contributed by atoms with Crippen molar-refractivity contribution < 1.29 is 18.3 Å². The number of alkyl halides is 3. The highest BCUT2D eigenvalue weighted by Gasteiger charge is 2.31. The van der Waals surface area contributed by atoms with E-state index in [2.05, 4.69) is 0 Å². The predicted octanol–water partition coefficient (Wildman–Crippen LogP) is 3.62. The van der Waals surface area contributed by atoms with E-state index in [0.717, 1.165) is 11.8 Å². The highest BCUT2D eigenvalue weighted by Crippen LogP contribution is 2.30. The highest BCUT2D eigenvalue weighted by molar-refractivity contribution is 7.99. The van der Waals surface area contributed by atoms with Gasteiger partial charge in [-0.15, -0.1) is 11.8 Å². The summed E-state index contributed by atoms with van der Waals surface area (Å²) in [6.45, 7) is 0. The maximum Gasteiger partial charge on any atom is 0.391 e. The van der Waals surface area contributed by atoms with Gasteiger partial charge in [0, 0.05) is 10.6 Å². The zero-order valence-corrected chi connectivity index (χ0v) is 10.6. The number of aliphatic hydroxyl groups excluding tert-OH is 1. The van der Waals surface area contributed by atoms with Gasteiger partial charge < -0.3 is 5.11 Å². The lowest BCUT2D eigenvalue weighted by Crippen LogP contribution is -2.21. The molecular formula is C11H9ClF3NOS. The molecule has 0 aliphatic rings. The summed E-state index contributed by atoms with van der Waals surface area (Å²) in [5.41, 5.74) is 0.375. The van der Waals surface area contributed by atoms with Crippen LogP contribution in [0.3, 0.4) is 0 Å². The van der Waals surface area contributed by atoms with E-state index >= 15 is 0 Å². The summed E-state index contributed by atoms with van der Waals surface area (Å²) < 4.78 is 35.9. The van der Waals surface area contributed by atoms with Crippen molar-refractivity contribution in [1.82, 2.24) is 0 Å². The van der Waals surface area contributed by atoms with E-state index in [9.17, 15) is 18.3 Å². The zero-order valence-electron chi connectivity index (χ0n) is 9.04. The molecule has 0 aliphatic carbocycles. The fourth-order valence-corrected chi connectivity index (χ4v) is 2.39. The maximum atomic E-state index is 12.0. The number of hydrogen-bond donors (Lipinski definition) is 1. The SMILES string of the molecule is N#Cc1ccc(SC[C@H](O)CC(F)(F)F)c(Cl)c1. The van der Waals surface area contributed by atoms with Gasteiger partial charge in [0.25, 0.3) is 0 Å².